The molecule has 1 aliphatic heterocycles. The lowest BCUT2D eigenvalue weighted by Crippen LogP contribution is -2.48. The summed E-state index contributed by atoms with van der Waals surface area (Å²) in [5.74, 6) is -4.83. The summed E-state index contributed by atoms with van der Waals surface area (Å²) in [6.07, 6.45) is -3.30. The molecule has 0 radical (unpaired) electrons. The van der Waals surface area contributed by atoms with Crippen LogP contribution in [-0.2, 0) is 23.6 Å². The predicted octanol–water partition coefficient (Wildman–Crippen LogP) is 6.48. The molecule has 51 heavy (non-hydrogen) atoms. The average molecular weight is 734 g/mol. The fourth-order valence-corrected chi connectivity index (χ4v) is 6.63. The van der Waals surface area contributed by atoms with E-state index in [1.165, 1.54) is 24.3 Å². The smallest absolute Gasteiger partial charge is 0.422 e. The standard InChI is InChI=1S/C34H29F6N5O5S/c1-43-27-17-25(50-30-11-5-23(18-41-30)42-51(47,48)29-10-9-26(35)31(36)32(29)37)8-4-22(27)16-28(43)33(46)45-14-12-44(13-15-45)19-21-2-6-24(7-3-21)49-20-34(38,39)40/h2-11,16-18,42H,12-15,19-20H2,1H3. The molecule has 1 N–H and O–H groups in total. The zero-order valence-corrected chi connectivity index (χ0v) is 27.6. The quantitative estimate of drug-likeness (QED) is 0.129. The molecule has 10 nitrogen and oxygen atoms in total. The number of halogens is 6. The first-order valence-corrected chi connectivity index (χ1v) is 16.8. The number of aromatic nitrogens is 2. The third kappa shape index (κ3) is 8.20. The van der Waals surface area contributed by atoms with Crippen LogP contribution in [0.25, 0.3) is 10.9 Å². The molecule has 268 valence electrons. The van der Waals surface area contributed by atoms with E-state index in [-0.39, 0.29) is 23.2 Å². The lowest BCUT2D eigenvalue weighted by atomic mass is 10.2. The van der Waals surface area contributed by atoms with Gasteiger partial charge in [-0.05, 0) is 54.1 Å². The Balaban J connectivity index is 1.05. The number of hydrogen-bond donors (Lipinski definition) is 1. The minimum atomic E-state index is -4.60. The first kappa shape index (κ1) is 35.5. The second-order valence-electron chi connectivity index (χ2n) is 11.7. The molecule has 5 aromatic rings. The topological polar surface area (TPSA) is 106 Å². The summed E-state index contributed by atoms with van der Waals surface area (Å²) in [7, 11) is -2.84. The van der Waals surface area contributed by atoms with Crippen molar-refractivity contribution < 1.29 is 49.0 Å². The molecular weight excluding hydrogens is 704 g/mol. The molecule has 1 saturated heterocycles. The third-order valence-electron chi connectivity index (χ3n) is 8.13. The minimum Gasteiger partial charge on any atom is -0.484 e. The molecule has 3 heterocycles. The number of nitrogens with one attached hydrogen (secondary N) is 1. The average Bonchev–Trinajstić information content (AvgIpc) is 3.42. The zero-order chi connectivity index (χ0) is 36.5. The fraction of sp³-hybridized carbons (Fsp3) is 0.235. The molecule has 2 aromatic heterocycles. The number of pyridine rings is 1. The summed E-state index contributed by atoms with van der Waals surface area (Å²) in [6, 6.07) is 17.2. The molecule has 3 aromatic carbocycles. The lowest BCUT2D eigenvalue weighted by molar-refractivity contribution is -0.153. The van der Waals surface area contributed by atoms with Gasteiger partial charge in [-0.1, -0.05) is 12.1 Å². The molecule has 0 spiro atoms. The Kier molecular flexibility index (Phi) is 9.86. The summed E-state index contributed by atoms with van der Waals surface area (Å²) in [6.45, 7) is 1.40. The van der Waals surface area contributed by atoms with Crippen LogP contribution < -0.4 is 14.2 Å². The van der Waals surface area contributed by atoms with E-state index in [1.54, 1.807) is 52.9 Å². The number of ether oxygens (including phenoxy) is 2. The van der Waals surface area contributed by atoms with Crippen LogP contribution in [0.4, 0.5) is 32.0 Å². The van der Waals surface area contributed by atoms with E-state index in [4.69, 9.17) is 9.47 Å². The molecule has 0 aliphatic carbocycles. The Morgan fingerprint density at radius 3 is 2.25 bits per heavy atom. The monoisotopic (exact) mass is 733 g/mol. The maximum atomic E-state index is 14.1. The fourth-order valence-electron chi connectivity index (χ4n) is 5.51. The van der Waals surface area contributed by atoms with Crippen LogP contribution in [0.5, 0.6) is 17.4 Å². The number of sulfonamides is 1. The van der Waals surface area contributed by atoms with Gasteiger partial charge in [-0.15, -0.1) is 0 Å². The number of benzene rings is 3. The lowest BCUT2D eigenvalue weighted by Gasteiger charge is -2.34. The zero-order valence-electron chi connectivity index (χ0n) is 26.8. The van der Waals surface area contributed by atoms with Crippen molar-refractivity contribution in [3.63, 3.8) is 0 Å². The van der Waals surface area contributed by atoms with Gasteiger partial charge in [0.1, 0.15) is 22.1 Å². The Labute approximate surface area is 287 Å². The number of hydrogen-bond acceptors (Lipinski definition) is 7. The molecule has 0 atom stereocenters. The van der Waals surface area contributed by atoms with Gasteiger partial charge in [0.05, 0.1) is 17.4 Å². The van der Waals surface area contributed by atoms with E-state index in [9.17, 15) is 39.6 Å². The first-order chi connectivity index (χ1) is 24.2. The van der Waals surface area contributed by atoms with Crippen molar-refractivity contribution in [3.8, 4) is 17.4 Å². The highest BCUT2D eigenvalue weighted by molar-refractivity contribution is 7.92. The summed E-state index contributed by atoms with van der Waals surface area (Å²) in [4.78, 5) is 20.4. The van der Waals surface area contributed by atoms with Gasteiger partial charge in [0.2, 0.25) is 5.88 Å². The van der Waals surface area contributed by atoms with Crippen molar-refractivity contribution in [1.29, 1.82) is 0 Å². The van der Waals surface area contributed by atoms with Gasteiger partial charge in [0, 0.05) is 57.3 Å². The molecule has 1 aliphatic rings. The highest BCUT2D eigenvalue weighted by Gasteiger charge is 2.29. The van der Waals surface area contributed by atoms with Crippen LogP contribution in [0, 0.1) is 17.5 Å². The van der Waals surface area contributed by atoms with Crippen molar-refractivity contribution in [1.82, 2.24) is 19.4 Å². The SMILES string of the molecule is Cn1c(C(=O)N2CCN(Cc3ccc(OCC(F)(F)F)cc3)CC2)cc2ccc(Oc3ccc(NS(=O)(=O)c4ccc(F)c(F)c4F)cn3)cc21. The highest BCUT2D eigenvalue weighted by Crippen LogP contribution is 2.29. The van der Waals surface area contributed by atoms with Gasteiger partial charge in [0.15, 0.2) is 24.1 Å². The molecule has 0 unspecified atom stereocenters. The van der Waals surface area contributed by atoms with E-state index in [2.05, 4.69) is 14.6 Å². The number of carbonyl (C=O) groups excluding carboxylic acids is 1. The molecule has 6 rings (SSSR count). The van der Waals surface area contributed by atoms with Crippen molar-refractivity contribution in [3.05, 3.63) is 108 Å². The minimum absolute atomic E-state index is 0.0829. The van der Waals surface area contributed by atoms with Gasteiger partial charge in [0.25, 0.3) is 15.9 Å². The molecule has 1 fully saturated rings. The van der Waals surface area contributed by atoms with Crippen LogP contribution in [0.3, 0.4) is 0 Å². The number of nitrogens with zero attached hydrogens (tertiary/aromatic N) is 4. The number of anilines is 1. The van der Waals surface area contributed by atoms with E-state index in [1.807, 2.05) is 0 Å². The number of piperazine rings is 1. The van der Waals surface area contributed by atoms with Crippen LogP contribution in [-0.4, -0.2) is 72.6 Å². The van der Waals surface area contributed by atoms with Gasteiger partial charge >= 0.3 is 6.18 Å². The summed E-state index contributed by atoms with van der Waals surface area (Å²) < 4.78 is 118. The predicted molar refractivity (Wildman–Crippen MR) is 174 cm³/mol. The molecule has 17 heteroatoms. The van der Waals surface area contributed by atoms with E-state index in [0.29, 0.717) is 61.8 Å². The second-order valence-corrected chi connectivity index (χ2v) is 13.3. The van der Waals surface area contributed by atoms with Crippen LogP contribution >= 0.6 is 0 Å². The Bertz CT molecular complexity index is 2170. The summed E-state index contributed by atoms with van der Waals surface area (Å²) in [5.41, 5.74) is 2.00. The third-order valence-corrected chi connectivity index (χ3v) is 9.53. The molecular formula is C34H29F6N5O5S. The van der Waals surface area contributed by atoms with Crippen LogP contribution in [0.15, 0.2) is 83.9 Å². The molecule has 1 amide bonds. The highest BCUT2D eigenvalue weighted by atomic mass is 32.2. The normalized spacial score (nSPS) is 14.1. The Morgan fingerprint density at radius 1 is 0.882 bits per heavy atom. The first-order valence-electron chi connectivity index (χ1n) is 15.4. The van der Waals surface area contributed by atoms with Crippen LogP contribution in [0.2, 0.25) is 0 Å². The van der Waals surface area contributed by atoms with E-state index < -0.39 is 45.2 Å². The van der Waals surface area contributed by atoms with E-state index >= 15 is 0 Å². The number of carbonyl (C=O) groups is 1. The molecule has 0 bridgehead atoms. The van der Waals surface area contributed by atoms with Gasteiger partial charge in [-0.25, -0.2) is 26.6 Å². The maximum absolute atomic E-state index is 14.1. The van der Waals surface area contributed by atoms with Crippen molar-refractivity contribution >= 4 is 32.5 Å². The second kappa shape index (κ2) is 14.1. The number of alkyl halides is 3. The van der Waals surface area contributed by atoms with Crippen LogP contribution in [0.1, 0.15) is 16.1 Å². The number of rotatable bonds is 10. The van der Waals surface area contributed by atoms with Gasteiger partial charge in [-0.2, -0.15) is 13.2 Å². The Morgan fingerprint density at radius 2 is 1.59 bits per heavy atom. The summed E-state index contributed by atoms with van der Waals surface area (Å²) in [5, 5.41) is 0.789. The van der Waals surface area contributed by atoms with Crippen molar-refractivity contribution in [2.24, 2.45) is 7.05 Å². The van der Waals surface area contributed by atoms with Crippen molar-refractivity contribution in [2.75, 3.05) is 37.5 Å². The molecule has 0 saturated carbocycles. The van der Waals surface area contributed by atoms with Gasteiger partial charge in [-0.3, -0.25) is 14.4 Å². The maximum Gasteiger partial charge on any atom is 0.422 e. The summed E-state index contributed by atoms with van der Waals surface area (Å²) >= 11 is 0. The largest absolute Gasteiger partial charge is 0.484 e. The van der Waals surface area contributed by atoms with Crippen molar-refractivity contribution in [2.45, 2.75) is 17.6 Å². The number of fused-ring (bicyclic) bond motifs is 1. The number of amides is 1. The number of aryl methyl sites for hydroxylation is 1. The Hall–Kier alpha value is -5.29. The van der Waals surface area contributed by atoms with E-state index in [0.717, 1.165) is 17.1 Å². The van der Waals surface area contributed by atoms with Gasteiger partial charge < -0.3 is 18.9 Å².